The lowest BCUT2D eigenvalue weighted by molar-refractivity contribution is -0.694. The van der Waals surface area contributed by atoms with Crippen molar-refractivity contribution in [1.29, 1.82) is 0 Å². The normalized spacial score (nSPS) is 11.5. The van der Waals surface area contributed by atoms with Crippen LogP contribution in [-0.4, -0.2) is 23.0 Å². The first-order valence-corrected chi connectivity index (χ1v) is 15.9. The van der Waals surface area contributed by atoms with E-state index in [9.17, 15) is 52.7 Å². The fraction of sp³-hybridized carbons (Fsp3) is 0.0556. The maximum Gasteiger partial charge on any atom is 0.389 e. The lowest BCUT2D eigenvalue weighted by Gasteiger charge is -2.44. The Morgan fingerprint density at radius 1 is 0.426 bits per heavy atom. The number of aromatic nitrogens is 2. The molecule has 0 atom stereocenters. The molecule has 1 aromatic heterocycles. The van der Waals surface area contributed by atoms with Crippen molar-refractivity contribution in [2.45, 2.75) is 6.54 Å². The topological polar surface area (TPSA) is 46.2 Å². The fourth-order valence-corrected chi connectivity index (χ4v) is 6.34. The molecule has 0 unspecified atom stereocenters. The van der Waals surface area contributed by atoms with E-state index < -0.39 is 144 Å². The van der Waals surface area contributed by atoms with E-state index in [-0.39, 0.29) is 6.79 Å². The van der Waals surface area contributed by atoms with Gasteiger partial charge in [0, 0.05) is 5.56 Å². The van der Waals surface area contributed by atoms with Gasteiger partial charge in [-0.3, -0.25) is 0 Å². The molecule has 0 saturated heterocycles. The van der Waals surface area contributed by atoms with Crippen LogP contribution in [0.4, 0.5) is 87.8 Å². The summed E-state index contributed by atoms with van der Waals surface area (Å²) in [6.07, 6.45) is -2.13. The van der Waals surface area contributed by atoms with Gasteiger partial charge in [-0.15, -0.1) is 21.9 Å². The summed E-state index contributed by atoms with van der Waals surface area (Å²) in [5.74, 6) is -70.9. The molecule has 0 amide bonds. The molecule has 61 heavy (non-hydrogen) atoms. The molecule has 0 radical (unpaired) electrons. The van der Waals surface area contributed by atoms with Crippen molar-refractivity contribution < 1.29 is 102 Å². The average molecular weight is 896 g/mol. The van der Waals surface area contributed by atoms with Crippen LogP contribution < -0.4 is 31.2 Å². The summed E-state index contributed by atoms with van der Waals surface area (Å²) in [7, 11) is 0. The molecule has 1 N–H and O–H groups in total. The lowest BCUT2D eigenvalue weighted by atomic mass is 9.12. The zero-order chi connectivity index (χ0) is 45.6. The highest BCUT2D eigenvalue weighted by Crippen LogP contribution is 2.30. The Labute approximate surface area is 325 Å². The van der Waals surface area contributed by atoms with Gasteiger partial charge in [0.25, 0.3) is 0 Å². The highest BCUT2D eigenvalue weighted by molar-refractivity contribution is 7.20. The van der Waals surface area contributed by atoms with Gasteiger partial charge in [-0.1, -0.05) is 30.3 Å². The third kappa shape index (κ3) is 7.32. The minimum absolute atomic E-state index is 0.347. The Hall–Kier alpha value is -6.40. The van der Waals surface area contributed by atoms with Crippen molar-refractivity contribution in [3.8, 4) is 5.88 Å². The second-order valence-corrected chi connectivity index (χ2v) is 12.1. The van der Waals surface area contributed by atoms with E-state index >= 15 is 35.1 Å². The Kier molecular flexibility index (Phi) is 13.0. The highest BCUT2D eigenvalue weighted by Gasteiger charge is 2.52. The zero-order valence-corrected chi connectivity index (χ0v) is 28.9. The van der Waals surface area contributed by atoms with Crippen molar-refractivity contribution in [1.82, 2.24) is 4.98 Å². The van der Waals surface area contributed by atoms with Crippen molar-refractivity contribution in [2.24, 2.45) is 0 Å². The van der Waals surface area contributed by atoms with Gasteiger partial charge in [-0.05, 0) is 0 Å². The van der Waals surface area contributed by atoms with Crippen LogP contribution >= 0.6 is 0 Å². The lowest BCUT2D eigenvalue weighted by Crippen LogP contribution is -2.81. The van der Waals surface area contributed by atoms with E-state index in [1.807, 2.05) is 41.1 Å². The first-order chi connectivity index (χ1) is 28.6. The number of halogens is 20. The molecule has 25 heteroatoms. The minimum Gasteiger partial charge on any atom is -0.416 e. The first kappa shape index (κ1) is 45.7. The third-order valence-corrected chi connectivity index (χ3v) is 8.92. The van der Waals surface area contributed by atoms with E-state index in [1.54, 1.807) is 12.4 Å². The van der Waals surface area contributed by atoms with Crippen LogP contribution in [-0.2, 0) is 6.54 Å². The first-order valence-electron chi connectivity index (χ1n) is 15.9. The monoisotopic (exact) mass is 896 g/mol. The van der Waals surface area contributed by atoms with Gasteiger partial charge in [0.2, 0.25) is 0 Å². The third-order valence-electron chi connectivity index (χ3n) is 8.92. The number of ether oxygens (including phenoxy) is 1. The predicted molar refractivity (Wildman–Crippen MR) is 167 cm³/mol. The van der Waals surface area contributed by atoms with Crippen LogP contribution in [0.15, 0.2) is 48.9 Å². The van der Waals surface area contributed by atoms with Gasteiger partial charge in [0.1, 0.15) is 58.9 Å². The van der Waals surface area contributed by atoms with Crippen molar-refractivity contribution in [3.63, 3.8) is 0 Å². The number of nitrogens with zero attached hydrogens (tertiary/aromatic N) is 2. The molecule has 4 nitrogen and oxygen atoms in total. The molecule has 0 aliphatic heterocycles. The van der Waals surface area contributed by atoms with Crippen LogP contribution in [0.5, 0.6) is 5.88 Å². The van der Waals surface area contributed by atoms with Crippen LogP contribution in [0.3, 0.4) is 0 Å². The summed E-state index contributed by atoms with van der Waals surface area (Å²) in [6.45, 7) is 0.346. The van der Waals surface area contributed by atoms with E-state index in [1.165, 1.54) is 5.56 Å². The predicted octanol–water partition coefficient (Wildman–Crippen LogP) is 6.59. The molecule has 6 rings (SSSR count). The van der Waals surface area contributed by atoms with E-state index in [2.05, 4.69) is 4.98 Å². The highest BCUT2D eigenvalue weighted by atomic mass is 19.2. The summed E-state index contributed by atoms with van der Waals surface area (Å²) in [5, 5.41) is 8.75. The largest absolute Gasteiger partial charge is 0.416 e. The number of benzene rings is 5. The molecular formula is C36H13BF20N2O2. The number of rotatable bonds is 8. The molecule has 322 valence electrons. The number of aliphatic hydroxyl groups excluding tert-OH is 1. The molecule has 5 aromatic carbocycles. The Morgan fingerprint density at radius 3 is 0.984 bits per heavy atom. The molecule has 0 spiro atoms. The number of hydrogen-bond donors (Lipinski definition) is 1. The van der Waals surface area contributed by atoms with Crippen LogP contribution in [0.1, 0.15) is 5.56 Å². The second-order valence-electron chi connectivity index (χ2n) is 12.1. The molecule has 0 aliphatic carbocycles. The number of hydrogen-bond acceptors (Lipinski definition) is 3. The van der Waals surface area contributed by atoms with Gasteiger partial charge in [0.05, 0.1) is 6.20 Å². The fourth-order valence-electron chi connectivity index (χ4n) is 6.34. The van der Waals surface area contributed by atoms with Crippen LogP contribution in [0, 0.1) is 116 Å². The maximum atomic E-state index is 15.4. The molecule has 6 aromatic rings. The Bertz CT molecular complexity index is 2320. The van der Waals surface area contributed by atoms with Crippen molar-refractivity contribution in [2.75, 3.05) is 6.79 Å². The van der Waals surface area contributed by atoms with Gasteiger partial charge >= 0.3 is 5.88 Å². The van der Waals surface area contributed by atoms with E-state index in [4.69, 9.17) is 9.84 Å². The van der Waals surface area contributed by atoms with Gasteiger partial charge in [-0.2, -0.15) is 4.57 Å². The van der Waals surface area contributed by atoms with Crippen molar-refractivity contribution >= 4 is 28.0 Å². The average Bonchev–Trinajstić information content (AvgIpc) is 3.25. The van der Waals surface area contributed by atoms with Gasteiger partial charge in [-0.25, -0.2) is 92.8 Å². The van der Waals surface area contributed by atoms with E-state index in [0.29, 0.717) is 12.4 Å². The molecule has 0 aliphatic rings. The van der Waals surface area contributed by atoms with E-state index in [0.717, 1.165) is 0 Å². The molecular weight excluding hydrogens is 883 g/mol. The molecule has 0 saturated carbocycles. The summed E-state index contributed by atoms with van der Waals surface area (Å²) < 4.78 is 301. The number of aliphatic hydroxyl groups is 1. The quantitative estimate of drug-likeness (QED) is 0.0469. The summed E-state index contributed by atoms with van der Waals surface area (Å²) >= 11 is 0. The smallest absolute Gasteiger partial charge is 0.389 e. The zero-order valence-electron chi connectivity index (χ0n) is 28.9. The minimum atomic E-state index is -7.22. The second kappa shape index (κ2) is 17.3. The molecule has 0 fully saturated rings. The standard InChI is InChI=1S/C24BF20.C12H13N2O2/c26-5-1(6(27)14(35)21(42)13(5)34)25(2-7(28)15(36)22(43)16(37)8(2)29,3-9(30)17(38)23(44)18(39)10(3)31)4-11(32)19(40)24(45)20(41)12(4)33;15-10-16-12-8-13-6-7-14(12)9-11-4-2-1-3-5-11/h;1-8,15H,9-10H2/q-1;+1. The summed E-state index contributed by atoms with van der Waals surface area (Å²) in [4.78, 5) is 3.95. The van der Waals surface area contributed by atoms with Crippen molar-refractivity contribution in [3.05, 3.63) is 171 Å². The van der Waals surface area contributed by atoms with Gasteiger partial charge in [0.15, 0.2) is 89.3 Å². The van der Waals surface area contributed by atoms with Crippen LogP contribution in [0.25, 0.3) is 0 Å². The Morgan fingerprint density at radius 2 is 0.705 bits per heavy atom. The van der Waals surface area contributed by atoms with Gasteiger partial charge < -0.3 is 9.84 Å². The van der Waals surface area contributed by atoms with Crippen LogP contribution in [0.2, 0.25) is 0 Å². The SMILES string of the molecule is Fc1c(F)c(F)c([B-](c2c(F)c(F)c(F)c(F)c2F)(c2c(F)c(F)c(F)c(F)c2F)c2c(F)c(F)c(F)c(F)c2F)c(F)c1F.OCOc1cncc[n+]1Cc1ccccc1. The summed E-state index contributed by atoms with van der Waals surface area (Å²) in [6, 6.07) is 10.0. The molecule has 0 bridgehead atoms. The Balaban J connectivity index is 0.000000366. The summed E-state index contributed by atoms with van der Waals surface area (Å²) in [5.41, 5.74) is -13.2. The maximum absolute atomic E-state index is 15.4. The molecule has 1 heterocycles.